The minimum Gasteiger partial charge on any atom is -0.354 e. The van der Waals surface area contributed by atoms with Crippen LogP contribution in [0.1, 0.15) is 11.3 Å². The van der Waals surface area contributed by atoms with Crippen molar-refractivity contribution in [1.82, 2.24) is 20.0 Å². The molecule has 0 saturated carbocycles. The molecule has 0 spiro atoms. The average molecular weight is 408 g/mol. The fourth-order valence-electron chi connectivity index (χ4n) is 3.20. The second-order valence-corrected chi connectivity index (χ2v) is 6.82. The van der Waals surface area contributed by atoms with E-state index in [1.54, 1.807) is 17.1 Å². The maximum absolute atomic E-state index is 12.6. The smallest absolute Gasteiger partial charge is 0.209 e. The van der Waals surface area contributed by atoms with Gasteiger partial charge in [-0.3, -0.25) is 4.79 Å². The molecular formula is C24H20N6O. The van der Waals surface area contributed by atoms with Gasteiger partial charge in [0.05, 0.1) is 17.1 Å². The highest BCUT2D eigenvalue weighted by molar-refractivity contribution is 5.86. The molecule has 0 aliphatic carbocycles. The topological polar surface area (TPSA) is 96.5 Å². The van der Waals surface area contributed by atoms with Gasteiger partial charge in [0.2, 0.25) is 5.43 Å². The number of hydrogen-bond acceptors (Lipinski definition) is 6. The van der Waals surface area contributed by atoms with Gasteiger partial charge < -0.3 is 10.7 Å². The number of para-hydroxylation sites is 1. The number of allylic oxidation sites excluding steroid dienone is 1. The summed E-state index contributed by atoms with van der Waals surface area (Å²) < 4.78 is 1.66. The third-order valence-electron chi connectivity index (χ3n) is 4.68. The van der Waals surface area contributed by atoms with Crippen molar-refractivity contribution in [3.05, 3.63) is 107 Å². The largest absolute Gasteiger partial charge is 0.354 e. The van der Waals surface area contributed by atoms with Crippen molar-refractivity contribution in [2.75, 3.05) is 5.32 Å². The molecule has 2 heterocycles. The third kappa shape index (κ3) is 4.45. The SMILES string of the molecule is Cc1cc(-c2cccnn2)ccc1-n1ccc(=O)c(/C(=C/C=N)Nc2ccccc2)n1. The van der Waals surface area contributed by atoms with Crippen LogP contribution in [0.25, 0.3) is 22.6 Å². The summed E-state index contributed by atoms with van der Waals surface area (Å²) >= 11 is 0. The van der Waals surface area contributed by atoms with Crippen molar-refractivity contribution >= 4 is 17.6 Å². The van der Waals surface area contributed by atoms with Crippen LogP contribution in [-0.4, -0.2) is 26.2 Å². The molecule has 7 heteroatoms. The van der Waals surface area contributed by atoms with Crippen LogP contribution in [0, 0.1) is 12.3 Å². The number of anilines is 1. The van der Waals surface area contributed by atoms with Gasteiger partial charge in [-0.05, 0) is 55.0 Å². The van der Waals surface area contributed by atoms with E-state index in [0.717, 1.165) is 34.4 Å². The quantitative estimate of drug-likeness (QED) is 0.468. The first-order chi connectivity index (χ1) is 15.2. The molecule has 0 unspecified atom stereocenters. The Morgan fingerprint density at radius 2 is 1.90 bits per heavy atom. The summed E-state index contributed by atoms with van der Waals surface area (Å²) in [6, 6.07) is 20.6. The van der Waals surface area contributed by atoms with E-state index < -0.39 is 0 Å². The lowest BCUT2D eigenvalue weighted by Gasteiger charge is -2.14. The summed E-state index contributed by atoms with van der Waals surface area (Å²) in [6.45, 7) is 1.98. The monoisotopic (exact) mass is 408 g/mol. The minimum absolute atomic E-state index is 0.229. The van der Waals surface area contributed by atoms with Crippen molar-refractivity contribution in [3.63, 3.8) is 0 Å². The Hall–Kier alpha value is -4.39. The summed E-state index contributed by atoms with van der Waals surface area (Å²) in [4.78, 5) is 12.6. The first-order valence-electron chi connectivity index (χ1n) is 9.68. The summed E-state index contributed by atoms with van der Waals surface area (Å²) in [5.74, 6) is 0. The molecule has 4 rings (SSSR count). The van der Waals surface area contributed by atoms with Gasteiger partial charge in [0.25, 0.3) is 0 Å². The molecule has 0 bridgehead atoms. The molecule has 2 aromatic carbocycles. The average Bonchev–Trinajstić information content (AvgIpc) is 2.80. The van der Waals surface area contributed by atoms with Gasteiger partial charge in [-0.25, -0.2) is 4.68 Å². The number of benzene rings is 2. The number of hydrogen-bond donors (Lipinski definition) is 2. The van der Waals surface area contributed by atoms with E-state index in [1.807, 2.05) is 67.6 Å². The van der Waals surface area contributed by atoms with Crippen LogP contribution in [0.2, 0.25) is 0 Å². The van der Waals surface area contributed by atoms with Gasteiger partial charge in [0, 0.05) is 35.9 Å². The first kappa shape index (κ1) is 19.9. The molecule has 31 heavy (non-hydrogen) atoms. The molecule has 0 saturated heterocycles. The van der Waals surface area contributed by atoms with Crippen molar-refractivity contribution < 1.29 is 0 Å². The molecule has 0 amide bonds. The van der Waals surface area contributed by atoms with Crippen LogP contribution in [0.5, 0.6) is 0 Å². The Morgan fingerprint density at radius 3 is 2.61 bits per heavy atom. The maximum Gasteiger partial charge on any atom is 0.209 e. The summed E-state index contributed by atoms with van der Waals surface area (Å²) in [7, 11) is 0. The number of nitrogens with one attached hydrogen (secondary N) is 2. The molecular weight excluding hydrogens is 388 g/mol. The Balaban J connectivity index is 1.73. The lowest BCUT2D eigenvalue weighted by molar-refractivity contribution is 0.819. The maximum atomic E-state index is 12.6. The molecule has 0 fully saturated rings. The predicted molar refractivity (Wildman–Crippen MR) is 122 cm³/mol. The van der Waals surface area contributed by atoms with Gasteiger partial charge in [0.1, 0.15) is 0 Å². The summed E-state index contributed by atoms with van der Waals surface area (Å²) in [5.41, 5.74) is 4.79. The first-order valence-corrected chi connectivity index (χ1v) is 9.68. The number of aromatic nitrogens is 4. The van der Waals surface area contributed by atoms with Crippen molar-refractivity contribution in [3.8, 4) is 16.9 Å². The second kappa shape index (κ2) is 8.96. The second-order valence-electron chi connectivity index (χ2n) is 6.82. The van der Waals surface area contributed by atoms with Crippen molar-refractivity contribution in [2.45, 2.75) is 6.92 Å². The van der Waals surface area contributed by atoms with E-state index in [2.05, 4.69) is 20.6 Å². The van der Waals surface area contributed by atoms with Gasteiger partial charge in [-0.15, -0.1) is 0 Å². The molecule has 0 radical (unpaired) electrons. The van der Waals surface area contributed by atoms with E-state index in [9.17, 15) is 4.79 Å². The standard InChI is InChI=1S/C24H20N6O/c1-17-16-18(20-8-5-14-26-28-20)9-10-22(17)30-15-12-23(31)24(29-30)21(11-13-25)27-19-6-3-2-4-7-19/h2-16,25,27H,1H3/b21-11-,25-13?. The molecule has 0 aliphatic rings. The highest BCUT2D eigenvalue weighted by Crippen LogP contribution is 2.22. The lowest BCUT2D eigenvalue weighted by atomic mass is 10.1. The molecule has 0 aliphatic heterocycles. The Labute approximate surface area is 179 Å². The number of nitrogens with zero attached hydrogens (tertiary/aromatic N) is 4. The summed E-state index contributed by atoms with van der Waals surface area (Å²) in [5, 5.41) is 23.3. The fourth-order valence-corrected chi connectivity index (χ4v) is 3.20. The zero-order valence-corrected chi connectivity index (χ0v) is 16.9. The third-order valence-corrected chi connectivity index (χ3v) is 4.68. The highest BCUT2D eigenvalue weighted by Gasteiger charge is 2.12. The number of aryl methyl sites for hydroxylation is 1. The Kier molecular flexibility index (Phi) is 5.75. The zero-order chi connectivity index (χ0) is 21.6. The predicted octanol–water partition coefficient (Wildman–Crippen LogP) is 4.10. The van der Waals surface area contributed by atoms with Crippen LogP contribution in [-0.2, 0) is 0 Å². The molecule has 2 aromatic heterocycles. The van der Waals surface area contributed by atoms with Gasteiger partial charge in [-0.1, -0.05) is 24.3 Å². The van der Waals surface area contributed by atoms with E-state index in [-0.39, 0.29) is 11.1 Å². The van der Waals surface area contributed by atoms with Crippen LogP contribution < -0.4 is 10.7 Å². The van der Waals surface area contributed by atoms with Crippen LogP contribution >= 0.6 is 0 Å². The molecule has 4 aromatic rings. The van der Waals surface area contributed by atoms with E-state index in [1.165, 1.54) is 12.1 Å². The number of rotatable bonds is 6. The Morgan fingerprint density at radius 1 is 1.06 bits per heavy atom. The molecule has 0 atom stereocenters. The Bertz CT molecular complexity index is 1300. The molecule has 2 N–H and O–H groups in total. The highest BCUT2D eigenvalue weighted by atomic mass is 16.1. The minimum atomic E-state index is -0.235. The van der Waals surface area contributed by atoms with Gasteiger partial charge in [0.15, 0.2) is 5.69 Å². The normalized spacial score (nSPS) is 11.2. The van der Waals surface area contributed by atoms with E-state index in [4.69, 9.17) is 5.41 Å². The van der Waals surface area contributed by atoms with E-state index >= 15 is 0 Å². The van der Waals surface area contributed by atoms with E-state index in [0.29, 0.717) is 5.70 Å². The zero-order valence-electron chi connectivity index (χ0n) is 16.9. The molecule has 7 nitrogen and oxygen atoms in total. The summed E-state index contributed by atoms with van der Waals surface area (Å²) in [6.07, 6.45) is 5.93. The van der Waals surface area contributed by atoms with Crippen LogP contribution in [0.3, 0.4) is 0 Å². The van der Waals surface area contributed by atoms with Crippen molar-refractivity contribution in [2.24, 2.45) is 0 Å². The van der Waals surface area contributed by atoms with Crippen molar-refractivity contribution in [1.29, 1.82) is 5.41 Å². The van der Waals surface area contributed by atoms with Gasteiger partial charge >= 0.3 is 0 Å². The van der Waals surface area contributed by atoms with Crippen LogP contribution in [0.4, 0.5) is 5.69 Å². The molecule has 152 valence electrons. The van der Waals surface area contributed by atoms with Crippen LogP contribution in [0.15, 0.2) is 90.0 Å². The lowest BCUT2D eigenvalue weighted by Crippen LogP contribution is -2.18. The fraction of sp³-hybridized carbons (Fsp3) is 0.0417. The van der Waals surface area contributed by atoms with Gasteiger partial charge in [-0.2, -0.15) is 15.3 Å².